The molecule has 0 aliphatic carbocycles. The number of hydrogen-bond donors (Lipinski definition) is 0. The van der Waals surface area contributed by atoms with Gasteiger partial charge in [-0.2, -0.15) is 0 Å². The first-order valence-electron chi connectivity index (χ1n) is 5.51. The predicted octanol–water partition coefficient (Wildman–Crippen LogP) is 3.90. The summed E-state index contributed by atoms with van der Waals surface area (Å²) in [5.41, 5.74) is 2.35. The van der Waals surface area contributed by atoms with Gasteiger partial charge in [0.1, 0.15) is 5.75 Å². The molecule has 0 heterocycles. The average Bonchev–Trinajstić information content (AvgIpc) is 2.35. The Bertz CT molecular complexity index is 518. The molecule has 2 aromatic carbocycles. The van der Waals surface area contributed by atoms with Crippen LogP contribution in [0.5, 0.6) is 17.2 Å². The minimum atomic E-state index is 0.619. The Labute approximate surface area is 102 Å². The summed E-state index contributed by atoms with van der Waals surface area (Å²) in [5, 5.41) is 0. The minimum Gasteiger partial charge on any atom is -0.492 e. The van der Waals surface area contributed by atoms with Gasteiger partial charge in [0, 0.05) is 6.07 Å². The fourth-order valence-corrected chi connectivity index (χ4v) is 1.60. The first-order chi connectivity index (χ1) is 8.22. The van der Waals surface area contributed by atoms with Gasteiger partial charge in [0.05, 0.1) is 7.11 Å². The molecule has 0 unspecified atom stereocenters. The Morgan fingerprint density at radius 2 is 1.76 bits per heavy atom. The summed E-state index contributed by atoms with van der Waals surface area (Å²) in [7, 11) is 1.61. The van der Waals surface area contributed by atoms with Crippen molar-refractivity contribution < 1.29 is 9.47 Å². The second kappa shape index (κ2) is 4.91. The van der Waals surface area contributed by atoms with Crippen molar-refractivity contribution in [2.45, 2.75) is 13.8 Å². The molecule has 0 N–H and O–H groups in total. The molecule has 1 radical (unpaired) electrons. The van der Waals surface area contributed by atoms with E-state index in [9.17, 15) is 0 Å². The van der Waals surface area contributed by atoms with Gasteiger partial charge in [0.2, 0.25) is 0 Å². The highest BCUT2D eigenvalue weighted by Gasteiger charge is 2.07. The molecule has 0 atom stereocenters. The van der Waals surface area contributed by atoms with E-state index in [0.717, 1.165) is 11.3 Å². The molecule has 2 aromatic rings. The molecule has 0 aromatic heterocycles. The van der Waals surface area contributed by atoms with Gasteiger partial charge in [-0.25, -0.2) is 0 Å². The lowest BCUT2D eigenvalue weighted by atomic mass is 10.1. The Morgan fingerprint density at radius 3 is 2.53 bits per heavy atom. The van der Waals surface area contributed by atoms with E-state index in [4.69, 9.17) is 9.47 Å². The lowest BCUT2D eigenvalue weighted by Crippen LogP contribution is -1.92. The fourth-order valence-electron chi connectivity index (χ4n) is 1.60. The SMILES string of the molecule is COc1[c]cccc1Oc1cccc(C)c1C. The molecule has 0 amide bonds. The molecule has 0 spiro atoms. The van der Waals surface area contributed by atoms with Crippen LogP contribution in [0.1, 0.15) is 11.1 Å². The molecule has 0 saturated heterocycles. The van der Waals surface area contributed by atoms with Crippen molar-refractivity contribution >= 4 is 0 Å². The zero-order chi connectivity index (χ0) is 12.3. The maximum Gasteiger partial charge on any atom is 0.169 e. The summed E-state index contributed by atoms with van der Waals surface area (Å²) >= 11 is 0. The van der Waals surface area contributed by atoms with Crippen molar-refractivity contribution in [1.29, 1.82) is 0 Å². The van der Waals surface area contributed by atoms with Crippen LogP contribution in [-0.2, 0) is 0 Å². The molecule has 0 fully saturated rings. The Morgan fingerprint density at radius 1 is 1.00 bits per heavy atom. The lowest BCUT2D eigenvalue weighted by molar-refractivity contribution is 0.377. The van der Waals surface area contributed by atoms with Gasteiger partial charge < -0.3 is 9.47 Å². The Balaban J connectivity index is 2.35. The van der Waals surface area contributed by atoms with Crippen LogP contribution in [-0.4, -0.2) is 7.11 Å². The summed E-state index contributed by atoms with van der Waals surface area (Å²) in [6.07, 6.45) is 0. The van der Waals surface area contributed by atoms with E-state index < -0.39 is 0 Å². The van der Waals surface area contributed by atoms with E-state index in [2.05, 4.69) is 19.1 Å². The third-order valence-electron chi connectivity index (χ3n) is 2.76. The van der Waals surface area contributed by atoms with Gasteiger partial charge in [0.15, 0.2) is 11.5 Å². The molecule has 2 nitrogen and oxygen atoms in total. The van der Waals surface area contributed by atoms with Crippen molar-refractivity contribution in [3.8, 4) is 17.2 Å². The monoisotopic (exact) mass is 227 g/mol. The molecule has 0 aliphatic rings. The van der Waals surface area contributed by atoms with E-state index in [0.29, 0.717) is 11.5 Å². The van der Waals surface area contributed by atoms with Gasteiger partial charge in [-0.1, -0.05) is 24.3 Å². The summed E-state index contributed by atoms with van der Waals surface area (Å²) < 4.78 is 11.1. The number of rotatable bonds is 3. The normalized spacial score (nSPS) is 10.1. The topological polar surface area (TPSA) is 18.5 Å². The largest absolute Gasteiger partial charge is 0.492 e. The van der Waals surface area contributed by atoms with Gasteiger partial charge >= 0.3 is 0 Å². The van der Waals surface area contributed by atoms with Crippen LogP contribution in [0.3, 0.4) is 0 Å². The molecule has 2 rings (SSSR count). The van der Waals surface area contributed by atoms with E-state index in [-0.39, 0.29) is 0 Å². The van der Waals surface area contributed by atoms with Crippen molar-refractivity contribution in [1.82, 2.24) is 0 Å². The van der Waals surface area contributed by atoms with Crippen molar-refractivity contribution in [2.24, 2.45) is 0 Å². The van der Waals surface area contributed by atoms with Gasteiger partial charge in [-0.05, 0) is 37.1 Å². The Kier molecular flexibility index (Phi) is 3.33. The van der Waals surface area contributed by atoms with E-state index in [1.165, 1.54) is 5.56 Å². The van der Waals surface area contributed by atoms with Crippen molar-refractivity contribution in [3.05, 3.63) is 53.6 Å². The van der Waals surface area contributed by atoms with Crippen LogP contribution in [0.2, 0.25) is 0 Å². The van der Waals surface area contributed by atoms with E-state index in [1.54, 1.807) is 13.2 Å². The number of para-hydroxylation sites is 1. The molecule has 2 heteroatoms. The van der Waals surface area contributed by atoms with E-state index in [1.807, 2.05) is 31.2 Å². The van der Waals surface area contributed by atoms with Crippen molar-refractivity contribution in [2.75, 3.05) is 7.11 Å². The molecule has 0 aliphatic heterocycles. The second-order valence-corrected chi connectivity index (χ2v) is 3.87. The van der Waals surface area contributed by atoms with Crippen LogP contribution >= 0.6 is 0 Å². The average molecular weight is 227 g/mol. The van der Waals surface area contributed by atoms with Crippen molar-refractivity contribution in [3.63, 3.8) is 0 Å². The number of methoxy groups -OCH3 is 1. The summed E-state index contributed by atoms with van der Waals surface area (Å²) in [5.74, 6) is 2.15. The number of aryl methyl sites for hydroxylation is 1. The first kappa shape index (κ1) is 11.5. The van der Waals surface area contributed by atoms with Gasteiger partial charge in [-0.15, -0.1) is 0 Å². The molecule has 87 valence electrons. The maximum absolute atomic E-state index is 5.86. The van der Waals surface area contributed by atoms with Crippen LogP contribution in [0.15, 0.2) is 36.4 Å². The highest BCUT2D eigenvalue weighted by molar-refractivity contribution is 5.45. The Hall–Kier alpha value is -1.96. The molecular weight excluding hydrogens is 212 g/mol. The summed E-state index contributed by atoms with van der Waals surface area (Å²) in [6.45, 7) is 4.11. The third kappa shape index (κ3) is 2.41. The smallest absolute Gasteiger partial charge is 0.169 e. The first-order valence-corrected chi connectivity index (χ1v) is 5.51. The summed E-state index contributed by atoms with van der Waals surface area (Å²) in [6, 6.07) is 14.5. The summed E-state index contributed by atoms with van der Waals surface area (Å²) in [4.78, 5) is 0. The predicted molar refractivity (Wildman–Crippen MR) is 67.8 cm³/mol. The van der Waals surface area contributed by atoms with Crippen LogP contribution in [0, 0.1) is 19.9 Å². The molecule has 0 bridgehead atoms. The highest BCUT2D eigenvalue weighted by Crippen LogP contribution is 2.32. The fraction of sp³-hybridized carbons (Fsp3) is 0.200. The third-order valence-corrected chi connectivity index (χ3v) is 2.76. The van der Waals surface area contributed by atoms with Gasteiger partial charge in [-0.3, -0.25) is 0 Å². The van der Waals surface area contributed by atoms with Crippen LogP contribution in [0.25, 0.3) is 0 Å². The van der Waals surface area contributed by atoms with Crippen LogP contribution < -0.4 is 9.47 Å². The zero-order valence-corrected chi connectivity index (χ0v) is 10.3. The number of benzene rings is 2. The highest BCUT2D eigenvalue weighted by atomic mass is 16.5. The van der Waals surface area contributed by atoms with Crippen LogP contribution in [0.4, 0.5) is 0 Å². The molecule has 17 heavy (non-hydrogen) atoms. The van der Waals surface area contributed by atoms with Gasteiger partial charge in [0.25, 0.3) is 0 Å². The molecular formula is C15H15O2. The zero-order valence-electron chi connectivity index (χ0n) is 10.3. The minimum absolute atomic E-state index is 0.619. The maximum atomic E-state index is 5.86. The molecule has 0 saturated carbocycles. The number of hydrogen-bond acceptors (Lipinski definition) is 2. The van der Waals surface area contributed by atoms with E-state index >= 15 is 0 Å². The second-order valence-electron chi connectivity index (χ2n) is 3.87. The lowest BCUT2D eigenvalue weighted by Gasteiger charge is -2.12. The standard InChI is InChI=1S/C15H15O2/c1-11-7-6-10-13(12(11)2)17-15-9-5-4-8-14(15)16-3/h4-7,9-10H,1-3H3. The number of ether oxygens (including phenoxy) is 2. The quantitative estimate of drug-likeness (QED) is 0.791.